The van der Waals surface area contributed by atoms with Gasteiger partial charge in [-0.25, -0.2) is 17.5 Å². The standard InChI is InChI=1S/C13H16ClFN2O3S/c1-9(18)17-5-4-11(7-17)16-21(19,20)8-10-2-3-13(15)12(14)6-10/h2-3,6,11,16H,4-5,7-8H2,1H3/t11-/m0/s1. The highest BCUT2D eigenvalue weighted by atomic mass is 35.5. The second-order valence-electron chi connectivity index (χ2n) is 5.08. The molecule has 1 saturated heterocycles. The summed E-state index contributed by atoms with van der Waals surface area (Å²) in [5.74, 6) is -0.926. The lowest BCUT2D eigenvalue weighted by atomic mass is 10.2. The van der Waals surface area contributed by atoms with E-state index in [0.717, 1.165) is 6.07 Å². The van der Waals surface area contributed by atoms with Crippen LogP contribution in [0.4, 0.5) is 4.39 Å². The summed E-state index contributed by atoms with van der Waals surface area (Å²) < 4.78 is 39.8. The van der Waals surface area contributed by atoms with Gasteiger partial charge in [0.25, 0.3) is 0 Å². The summed E-state index contributed by atoms with van der Waals surface area (Å²) in [7, 11) is -3.57. The van der Waals surface area contributed by atoms with Crippen molar-refractivity contribution in [3.63, 3.8) is 0 Å². The summed E-state index contributed by atoms with van der Waals surface area (Å²) >= 11 is 5.63. The van der Waals surface area contributed by atoms with Crippen LogP contribution in [-0.2, 0) is 20.6 Å². The molecule has 21 heavy (non-hydrogen) atoms. The molecule has 0 aromatic heterocycles. The number of hydrogen-bond donors (Lipinski definition) is 1. The molecule has 0 saturated carbocycles. The number of benzene rings is 1. The van der Waals surface area contributed by atoms with Crippen molar-refractivity contribution in [2.45, 2.75) is 25.1 Å². The predicted molar refractivity (Wildman–Crippen MR) is 77.8 cm³/mol. The van der Waals surface area contributed by atoms with Crippen molar-refractivity contribution >= 4 is 27.5 Å². The summed E-state index contributed by atoms with van der Waals surface area (Å²) in [4.78, 5) is 12.8. The van der Waals surface area contributed by atoms with Crippen LogP contribution in [-0.4, -0.2) is 38.4 Å². The highest BCUT2D eigenvalue weighted by Gasteiger charge is 2.27. The number of carbonyl (C=O) groups is 1. The Morgan fingerprint density at radius 3 is 2.81 bits per heavy atom. The highest BCUT2D eigenvalue weighted by Crippen LogP contribution is 2.18. The number of likely N-dealkylation sites (tertiary alicyclic amines) is 1. The third-order valence-corrected chi connectivity index (χ3v) is 5.02. The molecule has 0 spiro atoms. The molecule has 1 aromatic carbocycles. The lowest BCUT2D eigenvalue weighted by molar-refractivity contribution is -0.127. The number of hydrogen-bond acceptors (Lipinski definition) is 3. The molecule has 1 aliphatic heterocycles. The van der Waals surface area contributed by atoms with Crippen LogP contribution in [0.25, 0.3) is 0 Å². The van der Waals surface area contributed by atoms with Gasteiger partial charge < -0.3 is 4.90 Å². The fraction of sp³-hybridized carbons (Fsp3) is 0.462. The van der Waals surface area contributed by atoms with E-state index in [1.165, 1.54) is 19.1 Å². The van der Waals surface area contributed by atoms with Crippen molar-refractivity contribution in [1.82, 2.24) is 9.62 Å². The van der Waals surface area contributed by atoms with E-state index >= 15 is 0 Å². The van der Waals surface area contributed by atoms with Crippen molar-refractivity contribution in [2.24, 2.45) is 0 Å². The number of carbonyl (C=O) groups excluding carboxylic acids is 1. The van der Waals surface area contributed by atoms with Crippen LogP contribution >= 0.6 is 11.6 Å². The zero-order valence-electron chi connectivity index (χ0n) is 11.5. The van der Waals surface area contributed by atoms with E-state index in [1.54, 1.807) is 4.90 Å². The maximum atomic E-state index is 13.0. The number of amides is 1. The Morgan fingerprint density at radius 1 is 1.52 bits per heavy atom. The van der Waals surface area contributed by atoms with Gasteiger partial charge in [0.05, 0.1) is 10.8 Å². The number of nitrogens with one attached hydrogen (secondary N) is 1. The molecule has 1 aromatic rings. The largest absolute Gasteiger partial charge is 0.341 e. The molecule has 116 valence electrons. The van der Waals surface area contributed by atoms with Crippen LogP contribution in [0, 0.1) is 5.82 Å². The monoisotopic (exact) mass is 334 g/mol. The van der Waals surface area contributed by atoms with Gasteiger partial charge in [0, 0.05) is 26.1 Å². The van der Waals surface area contributed by atoms with Crippen molar-refractivity contribution < 1.29 is 17.6 Å². The Kier molecular flexibility index (Phi) is 4.85. The van der Waals surface area contributed by atoms with Crippen molar-refractivity contribution in [2.75, 3.05) is 13.1 Å². The number of sulfonamides is 1. The smallest absolute Gasteiger partial charge is 0.219 e. The molecule has 1 fully saturated rings. The molecule has 5 nitrogen and oxygen atoms in total. The molecule has 0 radical (unpaired) electrons. The van der Waals surface area contributed by atoms with E-state index in [1.807, 2.05) is 0 Å². The molecule has 0 bridgehead atoms. The number of rotatable bonds is 4. The predicted octanol–water partition coefficient (Wildman–Crippen LogP) is 1.52. The van der Waals surface area contributed by atoms with Gasteiger partial charge in [-0.1, -0.05) is 17.7 Å². The fourth-order valence-electron chi connectivity index (χ4n) is 2.29. The normalized spacial score (nSPS) is 19.0. The summed E-state index contributed by atoms with van der Waals surface area (Å²) in [6.45, 7) is 2.38. The summed E-state index contributed by atoms with van der Waals surface area (Å²) in [5.41, 5.74) is 0.412. The molecule has 1 aliphatic rings. The SMILES string of the molecule is CC(=O)N1CC[C@H](NS(=O)(=O)Cc2ccc(F)c(Cl)c2)C1. The molecule has 1 N–H and O–H groups in total. The first-order valence-corrected chi connectivity index (χ1v) is 8.49. The average molecular weight is 335 g/mol. The van der Waals surface area contributed by atoms with Crippen LogP contribution in [0.1, 0.15) is 18.9 Å². The molecule has 0 unspecified atom stereocenters. The van der Waals surface area contributed by atoms with Gasteiger partial charge in [-0.3, -0.25) is 4.79 Å². The Labute approximate surface area is 128 Å². The van der Waals surface area contributed by atoms with Crippen LogP contribution < -0.4 is 4.72 Å². The first kappa shape index (κ1) is 16.2. The van der Waals surface area contributed by atoms with E-state index in [4.69, 9.17) is 11.6 Å². The average Bonchev–Trinajstić information content (AvgIpc) is 2.81. The molecule has 0 aliphatic carbocycles. The maximum Gasteiger partial charge on any atom is 0.219 e. The molecule has 1 amide bonds. The minimum atomic E-state index is -3.57. The van der Waals surface area contributed by atoms with E-state index < -0.39 is 15.8 Å². The number of halogens is 2. The zero-order chi connectivity index (χ0) is 15.6. The minimum absolute atomic E-state index is 0.0676. The second-order valence-corrected chi connectivity index (χ2v) is 7.24. The van der Waals surface area contributed by atoms with Gasteiger partial charge >= 0.3 is 0 Å². The molecular weight excluding hydrogens is 319 g/mol. The summed E-state index contributed by atoms with van der Waals surface area (Å²) in [5, 5.41) is -0.105. The van der Waals surface area contributed by atoms with Gasteiger partial charge in [-0.2, -0.15) is 0 Å². The quantitative estimate of drug-likeness (QED) is 0.908. The summed E-state index contributed by atoms with van der Waals surface area (Å²) in [6.07, 6.45) is 0.586. The molecule has 1 atom stereocenters. The fourth-order valence-corrected chi connectivity index (χ4v) is 3.89. The maximum absolute atomic E-state index is 13.0. The van der Waals surface area contributed by atoms with Crippen LogP contribution in [0.2, 0.25) is 5.02 Å². The van der Waals surface area contributed by atoms with Gasteiger partial charge in [-0.15, -0.1) is 0 Å². The van der Waals surface area contributed by atoms with Gasteiger partial charge in [0.1, 0.15) is 5.82 Å². The van der Waals surface area contributed by atoms with Crippen molar-refractivity contribution in [3.8, 4) is 0 Å². The van der Waals surface area contributed by atoms with Gasteiger partial charge in [0.2, 0.25) is 15.9 Å². The van der Waals surface area contributed by atoms with Crippen molar-refractivity contribution in [1.29, 1.82) is 0 Å². The third-order valence-electron chi connectivity index (χ3n) is 3.32. The molecule has 8 heteroatoms. The lowest BCUT2D eigenvalue weighted by Crippen LogP contribution is -2.38. The van der Waals surface area contributed by atoms with Gasteiger partial charge in [0.15, 0.2) is 0 Å². The van der Waals surface area contributed by atoms with Crippen LogP contribution in [0.3, 0.4) is 0 Å². The Morgan fingerprint density at radius 2 is 2.24 bits per heavy atom. The first-order chi connectivity index (χ1) is 9.77. The highest BCUT2D eigenvalue weighted by molar-refractivity contribution is 7.88. The second kappa shape index (κ2) is 6.29. The minimum Gasteiger partial charge on any atom is -0.341 e. The number of nitrogens with zero attached hydrogens (tertiary/aromatic N) is 1. The topological polar surface area (TPSA) is 66.5 Å². The zero-order valence-corrected chi connectivity index (χ0v) is 13.0. The van der Waals surface area contributed by atoms with Crippen LogP contribution in [0.5, 0.6) is 0 Å². The Bertz CT molecular complexity index is 651. The molecule has 1 heterocycles. The third kappa shape index (κ3) is 4.39. The Hall–Kier alpha value is -1.18. The van der Waals surface area contributed by atoms with E-state index in [2.05, 4.69) is 4.72 Å². The van der Waals surface area contributed by atoms with Crippen molar-refractivity contribution in [3.05, 3.63) is 34.6 Å². The van der Waals surface area contributed by atoms with Crippen LogP contribution in [0.15, 0.2) is 18.2 Å². The molecular formula is C13H16ClFN2O3S. The Balaban J connectivity index is 1.99. The first-order valence-electron chi connectivity index (χ1n) is 6.46. The van der Waals surface area contributed by atoms with E-state index in [-0.39, 0.29) is 22.7 Å². The van der Waals surface area contributed by atoms with Gasteiger partial charge in [-0.05, 0) is 24.1 Å². The lowest BCUT2D eigenvalue weighted by Gasteiger charge is -2.15. The molecule has 2 rings (SSSR count). The summed E-state index contributed by atoms with van der Waals surface area (Å²) in [6, 6.07) is 3.54. The van der Waals surface area contributed by atoms with E-state index in [0.29, 0.717) is 25.1 Å². The van der Waals surface area contributed by atoms with E-state index in [9.17, 15) is 17.6 Å².